The molecule has 170 valence electrons. The number of guanidine groups is 1. The highest BCUT2D eigenvalue weighted by atomic mass is 127. The number of nitrogens with zero attached hydrogens (tertiary/aromatic N) is 2. The van der Waals surface area contributed by atoms with Crippen molar-refractivity contribution in [3.63, 3.8) is 0 Å². The third-order valence-corrected chi connectivity index (χ3v) is 5.15. The molecular weight excluding hydrogens is 493 g/mol. The molecule has 7 nitrogen and oxygen atoms in total. The summed E-state index contributed by atoms with van der Waals surface area (Å²) in [6.45, 7) is 9.81. The number of amides is 1. The van der Waals surface area contributed by atoms with Gasteiger partial charge in [0.15, 0.2) is 5.96 Å². The zero-order valence-corrected chi connectivity index (χ0v) is 21.3. The van der Waals surface area contributed by atoms with Gasteiger partial charge in [0.2, 0.25) is 5.91 Å². The highest BCUT2D eigenvalue weighted by Gasteiger charge is 2.26. The summed E-state index contributed by atoms with van der Waals surface area (Å²) >= 11 is 0. The number of rotatable bonds is 8. The Kier molecular flexibility index (Phi) is 11.5. The predicted molar refractivity (Wildman–Crippen MR) is 134 cm³/mol. The van der Waals surface area contributed by atoms with Crippen LogP contribution in [-0.2, 0) is 4.79 Å². The number of carbonyl (C=O) groups excluding carboxylic acids is 1. The van der Waals surface area contributed by atoms with Crippen LogP contribution in [0, 0.1) is 5.41 Å². The van der Waals surface area contributed by atoms with Crippen molar-refractivity contribution in [2.24, 2.45) is 10.4 Å². The number of para-hydroxylation sites is 1. The van der Waals surface area contributed by atoms with Gasteiger partial charge in [-0.15, -0.1) is 24.0 Å². The largest absolute Gasteiger partial charge is 0.496 e. The monoisotopic (exact) mass is 531 g/mol. The fourth-order valence-corrected chi connectivity index (χ4v) is 3.47. The van der Waals surface area contributed by atoms with E-state index < -0.39 is 0 Å². The summed E-state index contributed by atoms with van der Waals surface area (Å²) in [5, 5.41) is 9.66. The first-order valence-electron chi connectivity index (χ1n) is 10.5. The molecule has 0 aliphatic carbocycles. The summed E-state index contributed by atoms with van der Waals surface area (Å²) < 4.78 is 5.61. The van der Waals surface area contributed by atoms with Crippen LogP contribution < -0.4 is 20.7 Å². The third-order valence-electron chi connectivity index (χ3n) is 5.15. The number of carbonyl (C=O) groups is 1. The maximum Gasteiger partial charge on any atom is 0.225 e. The molecule has 0 saturated carbocycles. The SMILES string of the molecule is CN=C(NCCNC(=O)C(C)(C)C)NCC(c1ccccc1OC)N1CCCC1.I. The topological polar surface area (TPSA) is 78.0 Å². The Morgan fingerprint density at radius 3 is 2.37 bits per heavy atom. The van der Waals surface area contributed by atoms with Crippen LogP contribution >= 0.6 is 24.0 Å². The van der Waals surface area contributed by atoms with Gasteiger partial charge in [0.1, 0.15) is 5.75 Å². The van der Waals surface area contributed by atoms with E-state index >= 15 is 0 Å². The molecule has 8 heteroatoms. The number of likely N-dealkylation sites (tertiary alicyclic amines) is 1. The van der Waals surface area contributed by atoms with Crippen molar-refractivity contribution in [1.82, 2.24) is 20.9 Å². The van der Waals surface area contributed by atoms with Crippen molar-refractivity contribution in [2.45, 2.75) is 39.7 Å². The maximum atomic E-state index is 12.0. The fourth-order valence-electron chi connectivity index (χ4n) is 3.47. The normalized spacial score (nSPS) is 15.8. The summed E-state index contributed by atoms with van der Waals surface area (Å²) in [5.74, 6) is 1.70. The molecule has 1 fully saturated rings. The van der Waals surface area contributed by atoms with Crippen molar-refractivity contribution in [3.05, 3.63) is 29.8 Å². The fraction of sp³-hybridized carbons (Fsp3) is 0.636. The van der Waals surface area contributed by atoms with Crippen LogP contribution in [0.15, 0.2) is 29.3 Å². The van der Waals surface area contributed by atoms with Gasteiger partial charge in [-0.05, 0) is 32.0 Å². The Balaban J connectivity index is 0.00000450. The number of ether oxygens (including phenoxy) is 1. The lowest BCUT2D eigenvalue weighted by molar-refractivity contribution is -0.128. The number of hydrogen-bond acceptors (Lipinski definition) is 4. The Bertz CT molecular complexity index is 684. The van der Waals surface area contributed by atoms with Crippen LogP contribution in [0.4, 0.5) is 0 Å². The average molecular weight is 531 g/mol. The van der Waals surface area contributed by atoms with Gasteiger partial charge in [0.05, 0.1) is 13.2 Å². The summed E-state index contributed by atoms with van der Waals surface area (Å²) in [4.78, 5) is 18.8. The molecule has 2 rings (SSSR count). The van der Waals surface area contributed by atoms with Crippen molar-refractivity contribution < 1.29 is 9.53 Å². The Labute approximate surface area is 198 Å². The van der Waals surface area contributed by atoms with Gasteiger partial charge in [-0.25, -0.2) is 0 Å². The highest BCUT2D eigenvalue weighted by molar-refractivity contribution is 14.0. The molecule has 1 aromatic carbocycles. The van der Waals surface area contributed by atoms with Gasteiger partial charge < -0.3 is 20.7 Å². The van der Waals surface area contributed by atoms with E-state index in [4.69, 9.17) is 4.74 Å². The zero-order valence-electron chi connectivity index (χ0n) is 19.0. The van der Waals surface area contributed by atoms with E-state index in [0.29, 0.717) is 13.1 Å². The molecule has 1 aliphatic heterocycles. The van der Waals surface area contributed by atoms with Gasteiger partial charge in [-0.3, -0.25) is 14.7 Å². The quantitative estimate of drug-likeness (QED) is 0.208. The summed E-state index contributed by atoms with van der Waals surface area (Å²) in [7, 11) is 3.48. The molecule has 3 N–H and O–H groups in total. The van der Waals surface area contributed by atoms with Gasteiger partial charge in [-0.1, -0.05) is 39.0 Å². The molecule has 0 radical (unpaired) electrons. The second-order valence-corrected chi connectivity index (χ2v) is 8.39. The summed E-state index contributed by atoms with van der Waals surface area (Å²) in [6, 6.07) is 8.44. The molecule has 1 amide bonds. The molecule has 1 heterocycles. The Morgan fingerprint density at radius 2 is 1.77 bits per heavy atom. The van der Waals surface area contributed by atoms with E-state index in [1.165, 1.54) is 18.4 Å². The van der Waals surface area contributed by atoms with Crippen LogP contribution in [0.3, 0.4) is 0 Å². The maximum absolute atomic E-state index is 12.0. The molecule has 30 heavy (non-hydrogen) atoms. The van der Waals surface area contributed by atoms with Crippen molar-refractivity contribution in [2.75, 3.05) is 46.9 Å². The van der Waals surface area contributed by atoms with E-state index in [9.17, 15) is 4.79 Å². The second-order valence-electron chi connectivity index (χ2n) is 8.39. The Morgan fingerprint density at radius 1 is 1.13 bits per heavy atom. The molecule has 1 atom stereocenters. The smallest absolute Gasteiger partial charge is 0.225 e. The third kappa shape index (κ3) is 7.94. The molecule has 0 spiro atoms. The molecule has 1 aliphatic rings. The first kappa shape index (κ1) is 26.5. The van der Waals surface area contributed by atoms with Crippen molar-refractivity contribution in [1.29, 1.82) is 0 Å². The van der Waals surface area contributed by atoms with Crippen LogP contribution in [0.2, 0.25) is 0 Å². The number of hydrogen-bond donors (Lipinski definition) is 3. The van der Waals surface area contributed by atoms with Crippen LogP contribution in [0.1, 0.15) is 45.2 Å². The number of benzene rings is 1. The van der Waals surface area contributed by atoms with E-state index in [-0.39, 0.29) is 41.3 Å². The molecular formula is C22H38IN5O2. The first-order valence-corrected chi connectivity index (χ1v) is 10.5. The Hall–Kier alpha value is -1.55. The minimum Gasteiger partial charge on any atom is -0.496 e. The molecule has 1 saturated heterocycles. The number of methoxy groups -OCH3 is 1. The van der Waals surface area contributed by atoms with E-state index in [1.54, 1.807) is 14.2 Å². The molecule has 0 bridgehead atoms. The highest BCUT2D eigenvalue weighted by Crippen LogP contribution is 2.31. The minimum atomic E-state index is -0.377. The van der Waals surface area contributed by atoms with Crippen LogP contribution in [0.25, 0.3) is 0 Å². The second kappa shape index (κ2) is 13.0. The lowest BCUT2D eigenvalue weighted by atomic mass is 9.96. The average Bonchev–Trinajstić information content (AvgIpc) is 3.23. The van der Waals surface area contributed by atoms with Gasteiger partial charge in [-0.2, -0.15) is 0 Å². The van der Waals surface area contributed by atoms with Gasteiger partial charge in [0, 0.05) is 37.7 Å². The molecule has 0 aromatic heterocycles. The van der Waals surface area contributed by atoms with E-state index in [0.717, 1.165) is 31.3 Å². The lowest BCUT2D eigenvalue weighted by Gasteiger charge is -2.30. The predicted octanol–water partition coefficient (Wildman–Crippen LogP) is 2.78. The minimum absolute atomic E-state index is 0. The van der Waals surface area contributed by atoms with Crippen LogP contribution in [-0.4, -0.2) is 63.6 Å². The number of nitrogens with one attached hydrogen (secondary N) is 3. The first-order chi connectivity index (χ1) is 13.9. The van der Waals surface area contributed by atoms with Crippen molar-refractivity contribution in [3.8, 4) is 5.75 Å². The van der Waals surface area contributed by atoms with E-state index in [2.05, 4.69) is 38.0 Å². The molecule has 1 aromatic rings. The van der Waals surface area contributed by atoms with Gasteiger partial charge >= 0.3 is 0 Å². The lowest BCUT2D eigenvalue weighted by Crippen LogP contribution is -2.45. The number of halogens is 1. The zero-order chi connectivity index (χ0) is 21.3. The van der Waals surface area contributed by atoms with Crippen molar-refractivity contribution >= 4 is 35.8 Å². The number of aliphatic imine (C=N–C) groups is 1. The summed E-state index contributed by atoms with van der Waals surface area (Å²) in [6.07, 6.45) is 2.46. The van der Waals surface area contributed by atoms with Crippen LogP contribution in [0.5, 0.6) is 5.75 Å². The van der Waals surface area contributed by atoms with E-state index in [1.807, 2.05) is 32.9 Å². The molecule has 1 unspecified atom stereocenters. The van der Waals surface area contributed by atoms with Gasteiger partial charge in [0.25, 0.3) is 0 Å². The summed E-state index contributed by atoms with van der Waals surface area (Å²) in [5.41, 5.74) is 0.815. The standard InChI is InChI=1S/C22H37N5O2.HI/c1-22(2,3)20(28)24-12-13-25-21(23-4)26-16-18(27-14-8-9-15-27)17-10-6-7-11-19(17)29-5;/h6-7,10-11,18H,8-9,12-16H2,1-5H3,(H,24,28)(H2,23,25,26);1H.